The highest BCUT2D eigenvalue weighted by Crippen LogP contribution is 2.27. The zero-order valence-electron chi connectivity index (χ0n) is 15.8. The Labute approximate surface area is 171 Å². The van der Waals surface area contributed by atoms with Crippen LogP contribution in [0.5, 0.6) is 5.75 Å². The summed E-state index contributed by atoms with van der Waals surface area (Å²) in [6, 6.07) is 15.7. The van der Waals surface area contributed by atoms with E-state index in [-0.39, 0.29) is 18.1 Å². The average Bonchev–Trinajstić information content (AvgIpc) is 3.17. The lowest BCUT2D eigenvalue weighted by molar-refractivity contribution is -0.384. The lowest BCUT2D eigenvalue weighted by Crippen LogP contribution is -2.33. The number of aromatic nitrogens is 1. The maximum Gasteiger partial charge on any atom is 0.270 e. The Morgan fingerprint density at radius 3 is 2.79 bits per heavy atom. The molecule has 1 N–H and O–H groups in total. The van der Waals surface area contributed by atoms with E-state index in [9.17, 15) is 14.9 Å². The third-order valence-corrected chi connectivity index (χ3v) is 4.76. The summed E-state index contributed by atoms with van der Waals surface area (Å²) >= 11 is 1.27. The molecule has 9 heteroatoms. The molecule has 0 unspecified atom stereocenters. The molecule has 2 aromatic carbocycles. The quantitative estimate of drug-likeness (QED) is 0.425. The number of anilines is 1. The van der Waals surface area contributed by atoms with Gasteiger partial charge in [0, 0.05) is 29.6 Å². The predicted octanol–water partition coefficient (Wildman–Crippen LogP) is 3.67. The number of hydrogen-bond acceptors (Lipinski definition) is 7. The van der Waals surface area contributed by atoms with Gasteiger partial charge in [0.1, 0.15) is 12.4 Å². The molecule has 0 bridgehead atoms. The minimum absolute atomic E-state index is 0.000400. The highest BCUT2D eigenvalue weighted by molar-refractivity contribution is 7.14. The Bertz CT molecular complexity index is 977. The van der Waals surface area contributed by atoms with E-state index in [1.165, 1.54) is 23.5 Å². The van der Waals surface area contributed by atoms with Gasteiger partial charge in [-0.15, -0.1) is 11.3 Å². The molecule has 0 saturated heterocycles. The smallest absolute Gasteiger partial charge is 0.270 e. The number of para-hydroxylation sites is 1. The summed E-state index contributed by atoms with van der Waals surface area (Å²) < 4.78 is 5.62. The number of benzene rings is 2. The maximum atomic E-state index is 12.2. The molecular weight excluding hydrogens is 392 g/mol. The molecule has 3 aromatic rings. The Kier molecular flexibility index (Phi) is 6.88. The molecule has 0 atom stereocenters. The van der Waals surface area contributed by atoms with Gasteiger partial charge < -0.3 is 10.1 Å². The first-order valence-electron chi connectivity index (χ1n) is 8.88. The number of thiazole rings is 1. The topological polar surface area (TPSA) is 97.6 Å². The van der Waals surface area contributed by atoms with Crippen molar-refractivity contribution in [3.8, 4) is 17.0 Å². The lowest BCUT2D eigenvalue weighted by atomic mass is 10.1. The van der Waals surface area contributed by atoms with Crippen LogP contribution < -0.4 is 10.1 Å². The summed E-state index contributed by atoms with van der Waals surface area (Å²) in [7, 11) is 1.84. The molecule has 1 heterocycles. The van der Waals surface area contributed by atoms with E-state index < -0.39 is 4.92 Å². The van der Waals surface area contributed by atoms with E-state index >= 15 is 0 Å². The molecule has 0 radical (unpaired) electrons. The molecule has 0 fully saturated rings. The molecule has 0 aliphatic carbocycles. The molecule has 0 aliphatic heterocycles. The van der Waals surface area contributed by atoms with E-state index in [0.29, 0.717) is 29.5 Å². The molecule has 0 aliphatic rings. The van der Waals surface area contributed by atoms with Crippen LogP contribution in [0.1, 0.15) is 0 Å². The van der Waals surface area contributed by atoms with Gasteiger partial charge in [-0.1, -0.05) is 30.3 Å². The normalized spacial score (nSPS) is 10.7. The van der Waals surface area contributed by atoms with Gasteiger partial charge in [-0.25, -0.2) is 4.98 Å². The van der Waals surface area contributed by atoms with E-state index in [0.717, 1.165) is 5.75 Å². The van der Waals surface area contributed by atoms with Crippen molar-refractivity contribution < 1.29 is 14.5 Å². The van der Waals surface area contributed by atoms with Crippen LogP contribution in [0.2, 0.25) is 0 Å². The third kappa shape index (κ3) is 6.09. The van der Waals surface area contributed by atoms with Crippen molar-refractivity contribution >= 4 is 28.1 Å². The molecule has 0 spiro atoms. The first-order valence-corrected chi connectivity index (χ1v) is 9.76. The fourth-order valence-corrected chi connectivity index (χ4v) is 3.30. The number of carbonyl (C=O) groups excluding carboxylic acids is 1. The Hall–Kier alpha value is -3.30. The third-order valence-electron chi connectivity index (χ3n) is 4.00. The van der Waals surface area contributed by atoms with Crippen LogP contribution in [-0.4, -0.2) is 47.5 Å². The number of nitrogens with one attached hydrogen (secondary N) is 1. The second-order valence-electron chi connectivity index (χ2n) is 6.29. The average molecular weight is 412 g/mol. The largest absolute Gasteiger partial charge is 0.492 e. The molecule has 8 nitrogen and oxygen atoms in total. The number of likely N-dealkylation sites (N-methyl/N-ethyl adjacent to an activating group) is 1. The fourth-order valence-electron chi connectivity index (χ4n) is 2.56. The second-order valence-corrected chi connectivity index (χ2v) is 7.15. The van der Waals surface area contributed by atoms with Gasteiger partial charge in [0.05, 0.1) is 17.2 Å². The highest BCUT2D eigenvalue weighted by Gasteiger charge is 2.12. The monoisotopic (exact) mass is 412 g/mol. The summed E-state index contributed by atoms with van der Waals surface area (Å²) in [5.41, 5.74) is 1.21. The first-order chi connectivity index (χ1) is 14.0. The predicted molar refractivity (Wildman–Crippen MR) is 112 cm³/mol. The maximum absolute atomic E-state index is 12.2. The zero-order valence-corrected chi connectivity index (χ0v) is 16.6. The Morgan fingerprint density at radius 2 is 2.03 bits per heavy atom. The van der Waals surface area contributed by atoms with Gasteiger partial charge in [0.15, 0.2) is 5.13 Å². The van der Waals surface area contributed by atoms with E-state index in [1.807, 2.05) is 42.3 Å². The molecule has 3 rings (SSSR count). The lowest BCUT2D eigenvalue weighted by Gasteiger charge is -2.16. The van der Waals surface area contributed by atoms with Crippen LogP contribution >= 0.6 is 11.3 Å². The minimum Gasteiger partial charge on any atom is -0.492 e. The van der Waals surface area contributed by atoms with Crippen LogP contribution in [0.25, 0.3) is 11.3 Å². The highest BCUT2D eigenvalue weighted by atomic mass is 32.1. The van der Waals surface area contributed by atoms with Crippen LogP contribution in [0.3, 0.4) is 0 Å². The van der Waals surface area contributed by atoms with Gasteiger partial charge in [-0.3, -0.25) is 19.8 Å². The fraction of sp³-hybridized carbons (Fsp3) is 0.200. The molecular formula is C20H20N4O4S. The number of nitrogens with zero attached hydrogens (tertiary/aromatic N) is 3. The number of non-ortho nitro benzene ring substituents is 1. The molecule has 1 aromatic heterocycles. The number of rotatable bonds is 9. The van der Waals surface area contributed by atoms with E-state index in [2.05, 4.69) is 10.3 Å². The van der Waals surface area contributed by atoms with Gasteiger partial charge in [-0.2, -0.15) is 0 Å². The van der Waals surface area contributed by atoms with Crippen LogP contribution in [-0.2, 0) is 4.79 Å². The number of hydrogen-bond donors (Lipinski definition) is 1. The van der Waals surface area contributed by atoms with Crippen molar-refractivity contribution in [3.05, 3.63) is 70.1 Å². The molecule has 150 valence electrons. The van der Waals surface area contributed by atoms with Gasteiger partial charge in [0.25, 0.3) is 5.69 Å². The summed E-state index contributed by atoms with van der Waals surface area (Å²) in [6.07, 6.45) is 0. The summed E-state index contributed by atoms with van der Waals surface area (Å²) in [6.45, 7) is 1.27. The van der Waals surface area contributed by atoms with Gasteiger partial charge >= 0.3 is 0 Å². The second kappa shape index (κ2) is 9.76. The van der Waals surface area contributed by atoms with Crippen molar-refractivity contribution in [2.24, 2.45) is 0 Å². The summed E-state index contributed by atoms with van der Waals surface area (Å²) in [5, 5.41) is 15.9. The Morgan fingerprint density at radius 1 is 1.24 bits per heavy atom. The minimum atomic E-state index is -0.449. The van der Waals surface area contributed by atoms with Crippen LogP contribution in [0, 0.1) is 10.1 Å². The number of carbonyl (C=O) groups is 1. The van der Waals surface area contributed by atoms with Crippen LogP contribution in [0.4, 0.5) is 10.8 Å². The van der Waals surface area contributed by atoms with Crippen molar-refractivity contribution in [1.82, 2.24) is 9.88 Å². The number of amides is 1. The SMILES string of the molecule is CN(CCOc1ccccc1)CC(=O)Nc1nc(-c2cccc([N+](=O)[O-])c2)cs1. The van der Waals surface area contributed by atoms with Crippen molar-refractivity contribution in [2.75, 3.05) is 32.1 Å². The van der Waals surface area contributed by atoms with E-state index in [1.54, 1.807) is 17.5 Å². The number of nitro groups is 1. The van der Waals surface area contributed by atoms with Crippen molar-refractivity contribution in [3.63, 3.8) is 0 Å². The molecule has 29 heavy (non-hydrogen) atoms. The van der Waals surface area contributed by atoms with Crippen molar-refractivity contribution in [2.45, 2.75) is 0 Å². The molecule has 0 saturated carbocycles. The zero-order chi connectivity index (χ0) is 20.6. The first kappa shape index (κ1) is 20.4. The van der Waals surface area contributed by atoms with E-state index in [4.69, 9.17) is 4.74 Å². The number of nitro benzene ring substituents is 1. The van der Waals surface area contributed by atoms with Gasteiger partial charge in [0.2, 0.25) is 5.91 Å². The summed E-state index contributed by atoms with van der Waals surface area (Å²) in [5.74, 6) is 0.606. The van der Waals surface area contributed by atoms with Crippen molar-refractivity contribution in [1.29, 1.82) is 0 Å². The summed E-state index contributed by atoms with van der Waals surface area (Å²) in [4.78, 5) is 28.9. The van der Waals surface area contributed by atoms with Gasteiger partial charge in [-0.05, 0) is 19.2 Å². The van der Waals surface area contributed by atoms with Crippen LogP contribution in [0.15, 0.2) is 60.0 Å². The molecule has 1 amide bonds. The Balaban J connectivity index is 1.48. The number of ether oxygens (including phenoxy) is 1. The standard InChI is InChI=1S/C20H20N4O4S/c1-23(10-11-28-17-8-3-2-4-9-17)13-19(25)22-20-21-18(14-29-20)15-6-5-7-16(12-15)24(26)27/h2-9,12,14H,10-11,13H2,1H3,(H,21,22,25).